The van der Waals surface area contributed by atoms with Gasteiger partial charge in [-0.15, -0.1) is 0 Å². The molecule has 4 nitrogen and oxygen atoms in total. The first-order valence-electron chi connectivity index (χ1n) is 8.68. The predicted molar refractivity (Wildman–Crippen MR) is 96.6 cm³/mol. The van der Waals surface area contributed by atoms with Crippen LogP contribution in [0.25, 0.3) is 0 Å². The zero-order chi connectivity index (χ0) is 20.0. The lowest BCUT2D eigenvalue weighted by Crippen LogP contribution is -2.28. The van der Waals surface area contributed by atoms with Gasteiger partial charge in [0.1, 0.15) is 5.75 Å². The second-order valence-corrected chi connectivity index (χ2v) is 6.68. The van der Waals surface area contributed by atoms with Crippen LogP contribution in [-0.2, 0) is 11.2 Å². The Labute approximate surface area is 156 Å². The quantitative estimate of drug-likeness (QED) is 0.766. The van der Waals surface area contributed by atoms with E-state index in [0.29, 0.717) is 11.6 Å². The predicted octanol–water partition coefficient (Wildman–Crippen LogP) is 4.57. The van der Waals surface area contributed by atoms with Gasteiger partial charge in [0.2, 0.25) is 5.91 Å². The molecule has 2 rings (SSSR count). The van der Waals surface area contributed by atoms with Crippen LogP contribution < -0.4 is 10.1 Å². The SMILES string of the molecule is CC(C)c1ccc(CC(=O)N[C@@H](C)c2ccc(OCC(F)(F)F)cn2)cc1. The second kappa shape index (κ2) is 8.88. The largest absolute Gasteiger partial charge is 0.483 e. The van der Waals surface area contributed by atoms with E-state index in [-0.39, 0.29) is 24.1 Å². The number of benzene rings is 1. The van der Waals surface area contributed by atoms with Crippen LogP contribution in [0.1, 0.15) is 49.6 Å². The summed E-state index contributed by atoms with van der Waals surface area (Å²) in [7, 11) is 0. The zero-order valence-corrected chi connectivity index (χ0v) is 15.5. The van der Waals surface area contributed by atoms with Crippen molar-refractivity contribution in [2.24, 2.45) is 0 Å². The monoisotopic (exact) mass is 380 g/mol. The molecule has 0 unspecified atom stereocenters. The minimum Gasteiger partial charge on any atom is -0.483 e. The number of alkyl halides is 3. The Balaban J connectivity index is 1.88. The van der Waals surface area contributed by atoms with Gasteiger partial charge in [-0.25, -0.2) is 0 Å². The van der Waals surface area contributed by atoms with Crippen LogP contribution in [-0.4, -0.2) is 23.7 Å². The molecule has 0 aliphatic heterocycles. The molecule has 1 heterocycles. The molecule has 0 aliphatic carbocycles. The lowest BCUT2D eigenvalue weighted by atomic mass is 10.0. The summed E-state index contributed by atoms with van der Waals surface area (Å²) in [6.07, 6.45) is -2.93. The number of rotatable bonds is 7. The third-order valence-corrected chi connectivity index (χ3v) is 3.99. The molecule has 1 N–H and O–H groups in total. The van der Waals surface area contributed by atoms with Crippen molar-refractivity contribution in [3.8, 4) is 5.75 Å². The summed E-state index contributed by atoms with van der Waals surface area (Å²) in [6, 6.07) is 10.5. The first-order valence-corrected chi connectivity index (χ1v) is 8.68. The highest BCUT2D eigenvalue weighted by atomic mass is 19.4. The van der Waals surface area contributed by atoms with Gasteiger partial charge in [0.05, 0.1) is 24.4 Å². The van der Waals surface area contributed by atoms with Gasteiger partial charge in [-0.3, -0.25) is 9.78 Å². The van der Waals surface area contributed by atoms with E-state index in [0.717, 1.165) is 5.56 Å². The Morgan fingerprint density at radius 1 is 1.11 bits per heavy atom. The lowest BCUT2D eigenvalue weighted by Gasteiger charge is -2.15. The Morgan fingerprint density at radius 2 is 1.78 bits per heavy atom. The highest BCUT2D eigenvalue weighted by Gasteiger charge is 2.28. The second-order valence-electron chi connectivity index (χ2n) is 6.68. The van der Waals surface area contributed by atoms with Crippen LogP contribution in [0.2, 0.25) is 0 Å². The smallest absolute Gasteiger partial charge is 0.422 e. The Hall–Kier alpha value is -2.57. The topological polar surface area (TPSA) is 51.2 Å². The Bertz CT molecular complexity index is 741. The number of pyridine rings is 1. The molecular formula is C20H23F3N2O2. The Morgan fingerprint density at radius 3 is 2.30 bits per heavy atom. The summed E-state index contributed by atoms with van der Waals surface area (Å²) in [6.45, 7) is 4.61. The van der Waals surface area contributed by atoms with Crippen LogP contribution in [0.3, 0.4) is 0 Å². The average Bonchev–Trinajstić information content (AvgIpc) is 2.60. The number of amides is 1. The minimum absolute atomic E-state index is 0.0276. The molecule has 1 atom stereocenters. The number of aromatic nitrogens is 1. The van der Waals surface area contributed by atoms with Crippen LogP contribution in [0.4, 0.5) is 13.2 Å². The normalized spacial score (nSPS) is 12.7. The maximum Gasteiger partial charge on any atom is 0.422 e. The Kier molecular flexibility index (Phi) is 6.82. The first kappa shape index (κ1) is 20.7. The summed E-state index contributed by atoms with van der Waals surface area (Å²) < 4.78 is 41.0. The fraction of sp³-hybridized carbons (Fsp3) is 0.400. The maximum absolute atomic E-state index is 12.2. The molecular weight excluding hydrogens is 357 g/mol. The van der Waals surface area contributed by atoms with E-state index in [1.165, 1.54) is 23.9 Å². The van der Waals surface area contributed by atoms with Gasteiger partial charge < -0.3 is 10.1 Å². The van der Waals surface area contributed by atoms with E-state index in [1.807, 2.05) is 24.3 Å². The van der Waals surface area contributed by atoms with Gasteiger partial charge in [0.15, 0.2) is 6.61 Å². The van der Waals surface area contributed by atoms with Crippen LogP contribution in [0.15, 0.2) is 42.6 Å². The number of hydrogen-bond donors (Lipinski definition) is 1. The summed E-state index contributed by atoms with van der Waals surface area (Å²) in [5.41, 5.74) is 2.66. The van der Waals surface area contributed by atoms with Gasteiger partial charge in [0.25, 0.3) is 0 Å². The summed E-state index contributed by atoms with van der Waals surface area (Å²) in [5, 5.41) is 2.84. The van der Waals surface area contributed by atoms with Crippen LogP contribution in [0.5, 0.6) is 5.75 Å². The van der Waals surface area contributed by atoms with E-state index in [9.17, 15) is 18.0 Å². The molecule has 0 aliphatic rings. The zero-order valence-electron chi connectivity index (χ0n) is 15.5. The number of hydrogen-bond acceptors (Lipinski definition) is 3. The molecule has 2 aromatic rings. The van der Waals surface area contributed by atoms with Gasteiger partial charge >= 0.3 is 6.18 Å². The van der Waals surface area contributed by atoms with Gasteiger partial charge in [0, 0.05) is 0 Å². The molecule has 0 saturated heterocycles. The molecule has 1 amide bonds. The van der Waals surface area contributed by atoms with Crippen LogP contribution in [0, 0.1) is 0 Å². The van der Waals surface area contributed by atoms with Crippen molar-refractivity contribution in [3.05, 3.63) is 59.4 Å². The summed E-state index contributed by atoms with van der Waals surface area (Å²) >= 11 is 0. The number of nitrogens with zero attached hydrogens (tertiary/aromatic N) is 1. The fourth-order valence-corrected chi connectivity index (χ4v) is 2.47. The molecule has 0 saturated carbocycles. The van der Waals surface area contributed by atoms with E-state index in [4.69, 9.17) is 0 Å². The molecule has 0 fully saturated rings. The molecule has 0 radical (unpaired) electrons. The third-order valence-electron chi connectivity index (χ3n) is 3.99. The van der Waals surface area contributed by atoms with Gasteiger partial charge in [-0.05, 0) is 36.1 Å². The van der Waals surface area contributed by atoms with Crippen molar-refractivity contribution >= 4 is 5.91 Å². The van der Waals surface area contributed by atoms with Crippen molar-refractivity contribution in [2.75, 3.05) is 6.61 Å². The molecule has 1 aromatic heterocycles. The first-order chi connectivity index (χ1) is 12.6. The lowest BCUT2D eigenvalue weighted by molar-refractivity contribution is -0.153. The molecule has 1 aromatic carbocycles. The molecule has 7 heteroatoms. The van der Waals surface area contributed by atoms with E-state index in [2.05, 4.69) is 28.9 Å². The number of carbonyl (C=O) groups is 1. The van der Waals surface area contributed by atoms with Crippen molar-refractivity contribution < 1.29 is 22.7 Å². The van der Waals surface area contributed by atoms with Gasteiger partial charge in [-0.2, -0.15) is 13.2 Å². The summed E-state index contributed by atoms with van der Waals surface area (Å²) in [5.74, 6) is 0.306. The maximum atomic E-state index is 12.2. The highest BCUT2D eigenvalue weighted by molar-refractivity contribution is 5.78. The molecule has 0 spiro atoms. The standard InChI is InChI=1S/C20H23F3N2O2/c1-13(2)16-6-4-15(5-7-16)10-19(26)25-14(3)18-9-8-17(11-24-18)27-12-20(21,22)23/h4-9,11,13-14H,10,12H2,1-3H3,(H,25,26)/t14-/m0/s1. The fourth-order valence-electron chi connectivity index (χ4n) is 2.47. The van der Waals surface area contributed by atoms with Gasteiger partial charge in [-0.1, -0.05) is 38.1 Å². The number of halogens is 3. The number of ether oxygens (including phenoxy) is 1. The van der Waals surface area contributed by atoms with E-state index < -0.39 is 12.8 Å². The summed E-state index contributed by atoms with van der Waals surface area (Å²) in [4.78, 5) is 16.3. The van der Waals surface area contributed by atoms with Crippen molar-refractivity contribution in [2.45, 2.75) is 45.3 Å². The average molecular weight is 380 g/mol. The number of nitrogens with one attached hydrogen (secondary N) is 1. The molecule has 146 valence electrons. The third kappa shape index (κ3) is 6.92. The van der Waals surface area contributed by atoms with Crippen molar-refractivity contribution in [1.82, 2.24) is 10.3 Å². The van der Waals surface area contributed by atoms with Crippen molar-refractivity contribution in [1.29, 1.82) is 0 Å². The minimum atomic E-state index is -4.40. The number of carbonyl (C=O) groups excluding carboxylic acids is 1. The van der Waals surface area contributed by atoms with E-state index >= 15 is 0 Å². The van der Waals surface area contributed by atoms with E-state index in [1.54, 1.807) is 6.92 Å². The molecule has 0 bridgehead atoms. The van der Waals surface area contributed by atoms with Crippen molar-refractivity contribution in [3.63, 3.8) is 0 Å². The van der Waals surface area contributed by atoms with Crippen LogP contribution >= 0.6 is 0 Å². The molecule has 27 heavy (non-hydrogen) atoms. The highest BCUT2D eigenvalue weighted by Crippen LogP contribution is 2.19.